The highest BCUT2D eigenvalue weighted by atomic mass is 32.2. The van der Waals surface area contributed by atoms with E-state index in [2.05, 4.69) is 48.3 Å². The predicted molar refractivity (Wildman–Crippen MR) is 73.1 cm³/mol. The van der Waals surface area contributed by atoms with Crippen molar-refractivity contribution in [2.45, 2.75) is 32.2 Å². The van der Waals surface area contributed by atoms with Gasteiger partial charge in [0, 0.05) is 11.8 Å². The van der Waals surface area contributed by atoms with E-state index in [0.29, 0.717) is 6.04 Å². The molecular formula is C14H21NS. The van der Waals surface area contributed by atoms with Crippen molar-refractivity contribution in [2.75, 3.05) is 18.1 Å². The van der Waals surface area contributed by atoms with Crippen molar-refractivity contribution < 1.29 is 0 Å². The summed E-state index contributed by atoms with van der Waals surface area (Å²) < 4.78 is 0. The number of rotatable bonds is 4. The van der Waals surface area contributed by atoms with Crippen molar-refractivity contribution >= 4 is 11.8 Å². The second-order valence-corrected chi connectivity index (χ2v) is 5.53. The Labute approximate surface area is 103 Å². The number of hydrogen-bond donors (Lipinski definition) is 1. The summed E-state index contributed by atoms with van der Waals surface area (Å²) >= 11 is 2.08. The Bertz CT molecular complexity index is 324. The predicted octanol–water partition coefficient (Wildman–Crippen LogP) is 3.41. The fraction of sp³-hybridized carbons (Fsp3) is 0.571. The van der Waals surface area contributed by atoms with Gasteiger partial charge in [-0.05, 0) is 36.3 Å². The quantitative estimate of drug-likeness (QED) is 0.803. The number of benzene rings is 1. The molecule has 0 aromatic heterocycles. The first-order valence-electron chi connectivity index (χ1n) is 6.30. The molecule has 1 aromatic rings. The van der Waals surface area contributed by atoms with Crippen LogP contribution >= 0.6 is 11.8 Å². The zero-order valence-corrected chi connectivity index (χ0v) is 10.9. The maximum Gasteiger partial charge on any atom is 0.0414 e. The number of unbranched alkanes of at least 4 members (excludes halogenated alkanes) is 1. The number of fused-ring (bicyclic) bond motifs is 1. The zero-order valence-electron chi connectivity index (χ0n) is 10.0. The molecule has 0 amide bonds. The van der Waals surface area contributed by atoms with Gasteiger partial charge in [-0.3, -0.25) is 0 Å². The summed E-state index contributed by atoms with van der Waals surface area (Å²) in [5.74, 6) is 2.49. The van der Waals surface area contributed by atoms with Crippen molar-refractivity contribution in [2.24, 2.45) is 0 Å². The van der Waals surface area contributed by atoms with Crippen molar-refractivity contribution in [1.82, 2.24) is 5.32 Å². The van der Waals surface area contributed by atoms with Crippen LogP contribution in [-0.2, 0) is 6.42 Å². The van der Waals surface area contributed by atoms with Crippen LogP contribution in [-0.4, -0.2) is 18.1 Å². The van der Waals surface area contributed by atoms with Crippen molar-refractivity contribution in [1.29, 1.82) is 0 Å². The number of hydrogen-bond acceptors (Lipinski definition) is 2. The fourth-order valence-corrected chi connectivity index (χ4v) is 3.26. The monoisotopic (exact) mass is 235 g/mol. The van der Waals surface area contributed by atoms with Gasteiger partial charge in [0.15, 0.2) is 0 Å². The topological polar surface area (TPSA) is 12.0 Å². The standard InChI is InChI=1S/C14H21NS/c1-2-3-9-15-14-11-16-10-8-12-6-4-5-7-13(12)14/h4-7,14-15H,2-3,8-11H2,1H3. The molecule has 0 saturated heterocycles. The minimum absolute atomic E-state index is 0.565. The zero-order chi connectivity index (χ0) is 11.2. The molecule has 0 bridgehead atoms. The van der Waals surface area contributed by atoms with Crippen LogP contribution in [0.3, 0.4) is 0 Å². The first-order chi connectivity index (χ1) is 7.92. The SMILES string of the molecule is CCCCNC1CSCCc2ccccc21. The molecule has 0 saturated carbocycles. The molecule has 1 N–H and O–H groups in total. The van der Waals surface area contributed by atoms with E-state index >= 15 is 0 Å². The molecule has 1 aliphatic heterocycles. The maximum absolute atomic E-state index is 3.70. The summed E-state index contributed by atoms with van der Waals surface area (Å²) in [6, 6.07) is 9.48. The van der Waals surface area contributed by atoms with Crippen molar-refractivity contribution in [3.05, 3.63) is 35.4 Å². The Morgan fingerprint density at radius 2 is 2.25 bits per heavy atom. The average Bonchev–Trinajstić information content (AvgIpc) is 2.52. The van der Waals surface area contributed by atoms with Crippen LogP contribution in [0.4, 0.5) is 0 Å². The number of aryl methyl sites for hydroxylation is 1. The van der Waals surface area contributed by atoms with E-state index in [4.69, 9.17) is 0 Å². The highest BCUT2D eigenvalue weighted by molar-refractivity contribution is 7.99. The van der Waals surface area contributed by atoms with E-state index in [1.54, 1.807) is 5.56 Å². The lowest BCUT2D eigenvalue weighted by Crippen LogP contribution is -2.24. The summed E-state index contributed by atoms with van der Waals surface area (Å²) in [7, 11) is 0. The molecule has 1 aliphatic rings. The van der Waals surface area contributed by atoms with Gasteiger partial charge in [0.25, 0.3) is 0 Å². The fourth-order valence-electron chi connectivity index (χ4n) is 2.20. The smallest absolute Gasteiger partial charge is 0.0414 e. The van der Waals surface area contributed by atoms with Gasteiger partial charge >= 0.3 is 0 Å². The summed E-state index contributed by atoms with van der Waals surface area (Å²) in [4.78, 5) is 0. The minimum Gasteiger partial charge on any atom is -0.309 e. The Kier molecular flexibility index (Phi) is 4.73. The molecule has 16 heavy (non-hydrogen) atoms. The second kappa shape index (κ2) is 6.31. The van der Waals surface area contributed by atoms with E-state index in [1.807, 2.05) is 0 Å². The van der Waals surface area contributed by atoms with E-state index in [1.165, 1.54) is 36.3 Å². The summed E-state index contributed by atoms with van der Waals surface area (Å²) in [6.45, 7) is 3.40. The van der Waals surface area contributed by atoms with Crippen LogP contribution in [0.5, 0.6) is 0 Å². The van der Waals surface area contributed by atoms with Gasteiger partial charge in [-0.25, -0.2) is 0 Å². The lowest BCUT2D eigenvalue weighted by molar-refractivity contribution is 0.559. The maximum atomic E-state index is 3.70. The molecule has 2 rings (SSSR count). The number of nitrogens with one attached hydrogen (secondary N) is 1. The van der Waals surface area contributed by atoms with Crippen LogP contribution in [0.15, 0.2) is 24.3 Å². The summed E-state index contributed by atoms with van der Waals surface area (Å²) in [6.07, 6.45) is 3.78. The Morgan fingerprint density at radius 1 is 1.38 bits per heavy atom. The van der Waals surface area contributed by atoms with Crippen molar-refractivity contribution in [3.63, 3.8) is 0 Å². The van der Waals surface area contributed by atoms with Gasteiger partial charge in [0.2, 0.25) is 0 Å². The Hall–Kier alpha value is -0.470. The lowest BCUT2D eigenvalue weighted by Gasteiger charge is -2.18. The lowest BCUT2D eigenvalue weighted by atomic mass is 9.99. The van der Waals surface area contributed by atoms with E-state index < -0.39 is 0 Å². The summed E-state index contributed by atoms with van der Waals surface area (Å²) in [5, 5.41) is 3.70. The van der Waals surface area contributed by atoms with Crippen LogP contribution in [0, 0.1) is 0 Å². The van der Waals surface area contributed by atoms with Gasteiger partial charge < -0.3 is 5.32 Å². The average molecular weight is 235 g/mol. The molecule has 88 valence electrons. The molecule has 0 radical (unpaired) electrons. The molecule has 1 atom stereocenters. The van der Waals surface area contributed by atoms with Gasteiger partial charge in [-0.1, -0.05) is 37.6 Å². The van der Waals surface area contributed by atoms with E-state index in [-0.39, 0.29) is 0 Å². The van der Waals surface area contributed by atoms with Crippen LogP contribution < -0.4 is 5.32 Å². The van der Waals surface area contributed by atoms with Crippen molar-refractivity contribution in [3.8, 4) is 0 Å². The third-order valence-corrected chi connectivity index (χ3v) is 4.21. The Morgan fingerprint density at radius 3 is 3.12 bits per heavy atom. The third-order valence-electron chi connectivity index (χ3n) is 3.15. The third kappa shape index (κ3) is 3.02. The van der Waals surface area contributed by atoms with Gasteiger partial charge in [-0.15, -0.1) is 0 Å². The number of thioether (sulfide) groups is 1. The van der Waals surface area contributed by atoms with Gasteiger partial charge in [0.1, 0.15) is 0 Å². The molecule has 1 aromatic carbocycles. The highest BCUT2D eigenvalue weighted by Gasteiger charge is 2.17. The van der Waals surface area contributed by atoms with Crippen LogP contribution in [0.2, 0.25) is 0 Å². The molecule has 0 spiro atoms. The highest BCUT2D eigenvalue weighted by Crippen LogP contribution is 2.27. The van der Waals surface area contributed by atoms with Crippen LogP contribution in [0.1, 0.15) is 36.9 Å². The molecule has 1 heterocycles. The first kappa shape index (κ1) is 12.0. The molecule has 1 nitrogen and oxygen atoms in total. The molecular weight excluding hydrogens is 214 g/mol. The Balaban J connectivity index is 2.06. The molecule has 2 heteroatoms. The molecule has 1 unspecified atom stereocenters. The van der Waals surface area contributed by atoms with Crippen LogP contribution in [0.25, 0.3) is 0 Å². The largest absolute Gasteiger partial charge is 0.309 e. The first-order valence-corrected chi connectivity index (χ1v) is 7.46. The van der Waals surface area contributed by atoms with Gasteiger partial charge in [0.05, 0.1) is 0 Å². The molecule has 0 aliphatic carbocycles. The van der Waals surface area contributed by atoms with E-state index in [0.717, 1.165) is 6.54 Å². The minimum atomic E-state index is 0.565. The molecule has 0 fully saturated rings. The second-order valence-electron chi connectivity index (χ2n) is 4.38. The van der Waals surface area contributed by atoms with E-state index in [9.17, 15) is 0 Å². The van der Waals surface area contributed by atoms with Gasteiger partial charge in [-0.2, -0.15) is 11.8 Å². The normalized spacial score (nSPS) is 20.2. The summed E-state index contributed by atoms with van der Waals surface area (Å²) in [5.41, 5.74) is 3.07.